The van der Waals surface area contributed by atoms with Crippen molar-refractivity contribution in [1.82, 2.24) is 4.90 Å². The van der Waals surface area contributed by atoms with Crippen LogP contribution in [0.3, 0.4) is 0 Å². The summed E-state index contributed by atoms with van der Waals surface area (Å²) in [6.07, 6.45) is 0.424. The van der Waals surface area contributed by atoms with Crippen molar-refractivity contribution in [2.45, 2.75) is 40.2 Å². The molecule has 0 aliphatic carbocycles. The Morgan fingerprint density at radius 3 is 2.53 bits per heavy atom. The van der Waals surface area contributed by atoms with Crippen LogP contribution in [0.4, 0.5) is 0 Å². The number of amides is 1. The van der Waals surface area contributed by atoms with E-state index in [4.69, 9.17) is 5.11 Å². The summed E-state index contributed by atoms with van der Waals surface area (Å²) in [5, 5.41) is 9.02. The van der Waals surface area contributed by atoms with E-state index in [0.29, 0.717) is 18.1 Å². The summed E-state index contributed by atoms with van der Waals surface area (Å²) in [6, 6.07) is -0.639. The summed E-state index contributed by atoms with van der Waals surface area (Å²) in [5.74, 6) is 0.323. The molecule has 0 saturated carbocycles. The summed E-state index contributed by atoms with van der Waals surface area (Å²) in [7, 11) is 0. The Balaban J connectivity index is 2.61. The summed E-state index contributed by atoms with van der Waals surface area (Å²) in [6.45, 7) is 8.33. The summed E-state index contributed by atoms with van der Waals surface area (Å²) in [5.41, 5.74) is 0.0707. The maximum Gasteiger partial charge on any atom is 0.327 e. The van der Waals surface area contributed by atoms with Crippen LogP contribution in [0.5, 0.6) is 0 Å². The molecule has 1 rings (SSSR count). The molecule has 0 spiro atoms. The molecule has 1 N–H and O–H groups in total. The molecule has 1 amide bonds. The van der Waals surface area contributed by atoms with Gasteiger partial charge in [0.25, 0.3) is 0 Å². The first-order chi connectivity index (χ1) is 7.73. The fourth-order valence-corrected chi connectivity index (χ4v) is 2.75. The van der Waals surface area contributed by atoms with Gasteiger partial charge >= 0.3 is 5.97 Å². The van der Waals surface area contributed by atoms with E-state index < -0.39 is 12.0 Å². The fraction of sp³-hybridized carbons (Fsp3) is 0.833. The molecule has 0 radical (unpaired) electrons. The highest BCUT2D eigenvalue weighted by Crippen LogP contribution is 2.30. The van der Waals surface area contributed by atoms with Crippen LogP contribution in [0.1, 0.15) is 34.1 Å². The molecule has 1 aliphatic rings. The lowest BCUT2D eigenvalue weighted by molar-refractivity contribution is -0.148. The molecule has 0 aromatic carbocycles. The van der Waals surface area contributed by atoms with Crippen LogP contribution in [-0.4, -0.2) is 39.6 Å². The van der Waals surface area contributed by atoms with E-state index in [9.17, 15) is 9.59 Å². The molecular weight excluding hydrogens is 238 g/mol. The van der Waals surface area contributed by atoms with Gasteiger partial charge in [-0.05, 0) is 11.3 Å². The second-order valence-corrected chi connectivity index (χ2v) is 6.69. The van der Waals surface area contributed by atoms with Gasteiger partial charge in [-0.15, -0.1) is 11.8 Å². The molecule has 1 aliphatic heterocycles. The number of carbonyl (C=O) groups is 2. The van der Waals surface area contributed by atoms with Crippen molar-refractivity contribution < 1.29 is 14.7 Å². The summed E-state index contributed by atoms with van der Waals surface area (Å²) >= 11 is 1.51. The van der Waals surface area contributed by atoms with Gasteiger partial charge in [-0.25, -0.2) is 4.79 Å². The van der Waals surface area contributed by atoms with Crippen molar-refractivity contribution in [3.05, 3.63) is 0 Å². The molecule has 1 fully saturated rings. The summed E-state index contributed by atoms with van der Waals surface area (Å²) in [4.78, 5) is 24.6. The van der Waals surface area contributed by atoms with E-state index >= 15 is 0 Å². The maximum atomic E-state index is 12.1. The average molecular weight is 259 g/mol. The first-order valence-electron chi connectivity index (χ1n) is 5.83. The Kier molecular flexibility index (Phi) is 4.47. The van der Waals surface area contributed by atoms with Crippen molar-refractivity contribution >= 4 is 23.6 Å². The molecule has 5 heteroatoms. The van der Waals surface area contributed by atoms with Crippen LogP contribution in [-0.2, 0) is 9.59 Å². The molecule has 0 bridgehead atoms. The van der Waals surface area contributed by atoms with E-state index in [0.717, 1.165) is 0 Å². The Morgan fingerprint density at radius 1 is 1.47 bits per heavy atom. The minimum Gasteiger partial charge on any atom is -0.480 e. The van der Waals surface area contributed by atoms with Gasteiger partial charge in [0.05, 0.1) is 5.88 Å². The number of carboxylic acid groups (broad SMARTS) is 1. The lowest BCUT2D eigenvalue weighted by Crippen LogP contribution is -2.42. The Bertz CT molecular complexity index is 311. The molecule has 2 unspecified atom stereocenters. The van der Waals surface area contributed by atoms with Gasteiger partial charge in [-0.1, -0.05) is 27.7 Å². The van der Waals surface area contributed by atoms with Crippen molar-refractivity contribution in [3.8, 4) is 0 Å². The molecule has 98 valence electrons. The van der Waals surface area contributed by atoms with E-state index in [1.807, 2.05) is 6.92 Å². The van der Waals surface area contributed by atoms with Crippen molar-refractivity contribution in [2.75, 3.05) is 11.6 Å². The number of hydrogen-bond donors (Lipinski definition) is 1. The van der Waals surface area contributed by atoms with Crippen molar-refractivity contribution in [1.29, 1.82) is 0 Å². The Hall–Kier alpha value is -0.710. The topological polar surface area (TPSA) is 57.6 Å². The second-order valence-electron chi connectivity index (χ2n) is 5.69. The molecule has 1 heterocycles. The first-order valence-corrected chi connectivity index (χ1v) is 6.99. The third-order valence-corrected chi connectivity index (χ3v) is 4.46. The lowest BCUT2D eigenvalue weighted by Gasteiger charge is -2.29. The van der Waals surface area contributed by atoms with Crippen molar-refractivity contribution in [3.63, 3.8) is 0 Å². The van der Waals surface area contributed by atoms with Gasteiger partial charge in [0, 0.05) is 12.2 Å². The molecule has 0 aromatic rings. The van der Waals surface area contributed by atoms with Crippen LogP contribution in [0.15, 0.2) is 0 Å². The maximum absolute atomic E-state index is 12.1. The SMILES string of the molecule is CC(CC(=O)N1CSCC1C(=O)O)C(C)(C)C. The quantitative estimate of drug-likeness (QED) is 0.842. The number of nitrogens with zero attached hydrogens (tertiary/aromatic N) is 1. The van der Waals surface area contributed by atoms with E-state index in [1.54, 1.807) is 0 Å². The second kappa shape index (κ2) is 5.29. The highest BCUT2D eigenvalue weighted by Gasteiger charge is 2.35. The zero-order valence-corrected chi connectivity index (χ0v) is 11.7. The zero-order chi connectivity index (χ0) is 13.2. The Morgan fingerprint density at radius 2 is 2.06 bits per heavy atom. The highest BCUT2D eigenvalue weighted by atomic mass is 32.2. The third-order valence-electron chi connectivity index (χ3n) is 3.45. The van der Waals surface area contributed by atoms with E-state index in [1.165, 1.54) is 16.7 Å². The minimum absolute atomic E-state index is 0.0372. The molecular formula is C12H21NO3S. The van der Waals surface area contributed by atoms with Crippen LogP contribution in [0.2, 0.25) is 0 Å². The largest absolute Gasteiger partial charge is 0.480 e. The van der Waals surface area contributed by atoms with E-state index in [2.05, 4.69) is 20.8 Å². The van der Waals surface area contributed by atoms with Gasteiger partial charge in [0.15, 0.2) is 0 Å². The number of thioether (sulfide) groups is 1. The number of carboxylic acids is 1. The molecule has 17 heavy (non-hydrogen) atoms. The van der Waals surface area contributed by atoms with Crippen LogP contribution in [0.25, 0.3) is 0 Å². The zero-order valence-electron chi connectivity index (χ0n) is 10.9. The average Bonchev–Trinajstić information content (AvgIpc) is 2.63. The van der Waals surface area contributed by atoms with Gasteiger partial charge in [-0.2, -0.15) is 0 Å². The normalized spacial score (nSPS) is 22.6. The molecule has 0 aromatic heterocycles. The van der Waals surface area contributed by atoms with Crippen LogP contribution < -0.4 is 0 Å². The highest BCUT2D eigenvalue weighted by molar-refractivity contribution is 7.99. The standard InChI is InChI=1S/C12H21NO3S/c1-8(12(2,3)4)5-10(14)13-7-17-6-9(13)11(15)16/h8-9H,5-7H2,1-4H3,(H,15,16). The van der Waals surface area contributed by atoms with Gasteiger partial charge in [0.1, 0.15) is 6.04 Å². The molecule has 1 saturated heterocycles. The van der Waals surface area contributed by atoms with Gasteiger partial charge in [0.2, 0.25) is 5.91 Å². The predicted octanol–water partition coefficient (Wildman–Crippen LogP) is 2.04. The van der Waals surface area contributed by atoms with E-state index in [-0.39, 0.29) is 17.2 Å². The monoisotopic (exact) mass is 259 g/mol. The van der Waals surface area contributed by atoms with Gasteiger partial charge < -0.3 is 10.0 Å². The van der Waals surface area contributed by atoms with Crippen LogP contribution in [0, 0.1) is 11.3 Å². The Labute approximate surface area is 107 Å². The molecule has 2 atom stereocenters. The first kappa shape index (κ1) is 14.4. The number of rotatable bonds is 3. The minimum atomic E-state index is -0.897. The third kappa shape index (κ3) is 3.63. The predicted molar refractivity (Wildman–Crippen MR) is 68.8 cm³/mol. The molecule has 4 nitrogen and oxygen atoms in total. The number of carbonyl (C=O) groups excluding carboxylic acids is 1. The smallest absolute Gasteiger partial charge is 0.327 e. The fourth-order valence-electron chi connectivity index (χ4n) is 1.58. The number of aliphatic carboxylic acids is 1. The lowest BCUT2D eigenvalue weighted by atomic mass is 9.80. The van der Waals surface area contributed by atoms with Gasteiger partial charge in [-0.3, -0.25) is 4.79 Å². The summed E-state index contributed by atoms with van der Waals surface area (Å²) < 4.78 is 0. The van der Waals surface area contributed by atoms with Crippen molar-refractivity contribution in [2.24, 2.45) is 11.3 Å². The number of hydrogen-bond acceptors (Lipinski definition) is 3. The van der Waals surface area contributed by atoms with Crippen LogP contribution >= 0.6 is 11.8 Å².